The van der Waals surface area contributed by atoms with Gasteiger partial charge in [0.25, 0.3) is 5.91 Å². The van der Waals surface area contributed by atoms with Gasteiger partial charge in [-0.2, -0.15) is 0 Å². The Morgan fingerprint density at radius 2 is 1.38 bits per heavy atom. The predicted octanol–water partition coefficient (Wildman–Crippen LogP) is 6.89. The number of carbonyl (C=O) groups is 1. The van der Waals surface area contributed by atoms with Gasteiger partial charge in [0.15, 0.2) is 0 Å². The van der Waals surface area contributed by atoms with Crippen LogP contribution in [0.5, 0.6) is 11.5 Å². The molecular weight excluding hydrogens is 396 g/mol. The van der Waals surface area contributed by atoms with Crippen LogP contribution in [0.15, 0.2) is 103 Å². The molecule has 4 aromatic rings. The van der Waals surface area contributed by atoms with E-state index in [9.17, 15) is 4.79 Å². The molecule has 0 saturated heterocycles. The van der Waals surface area contributed by atoms with Crippen LogP contribution >= 0.6 is 0 Å². The average molecular weight is 423 g/mol. The summed E-state index contributed by atoms with van der Waals surface area (Å²) in [7, 11) is 0. The van der Waals surface area contributed by atoms with Crippen molar-refractivity contribution >= 4 is 17.3 Å². The number of para-hydroxylation sites is 1. The summed E-state index contributed by atoms with van der Waals surface area (Å²) in [4.78, 5) is 13.3. The number of aryl methyl sites for hydroxylation is 2. The standard InChI is InChI=1S/C28H26N2O2/c1-20-13-14-21(2)26(19-20)30-28(31)27(22-9-5-3-6-10-22)29-23-15-17-25(18-16-23)32-24-11-7-4-8-12-24/h3-19,27,29H,1-2H3,(H,30,31)/t27-/m1/s1. The lowest BCUT2D eigenvalue weighted by Crippen LogP contribution is -2.27. The molecule has 0 saturated carbocycles. The van der Waals surface area contributed by atoms with Crippen molar-refractivity contribution < 1.29 is 9.53 Å². The van der Waals surface area contributed by atoms with Gasteiger partial charge in [0, 0.05) is 11.4 Å². The van der Waals surface area contributed by atoms with Crippen molar-refractivity contribution in [2.24, 2.45) is 0 Å². The lowest BCUT2D eigenvalue weighted by Gasteiger charge is -2.21. The normalized spacial score (nSPS) is 11.4. The molecule has 1 atom stereocenters. The highest BCUT2D eigenvalue weighted by molar-refractivity contribution is 5.98. The van der Waals surface area contributed by atoms with E-state index in [2.05, 4.69) is 10.6 Å². The molecule has 0 aliphatic carbocycles. The molecule has 0 unspecified atom stereocenters. The van der Waals surface area contributed by atoms with Crippen molar-refractivity contribution in [2.75, 3.05) is 10.6 Å². The van der Waals surface area contributed by atoms with Gasteiger partial charge in [-0.3, -0.25) is 4.79 Å². The zero-order valence-corrected chi connectivity index (χ0v) is 18.2. The first kappa shape index (κ1) is 21.2. The summed E-state index contributed by atoms with van der Waals surface area (Å²) in [6.07, 6.45) is 0. The first-order valence-electron chi connectivity index (χ1n) is 10.6. The summed E-state index contributed by atoms with van der Waals surface area (Å²) >= 11 is 0. The zero-order chi connectivity index (χ0) is 22.3. The third-order valence-electron chi connectivity index (χ3n) is 5.19. The van der Waals surface area contributed by atoms with E-state index >= 15 is 0 Å². The maximum absolute atomic E-state index is 13.3. The summed E-state index contributed by atoms with van der Waals surface area (Å²) in [6.45, 7) is 4.01. The first-order chi connectivity index (χ1) is 15.6. The van der Waals surface area contributed by atoms with E-state index < -0.39 is 6.04 Å². The zero-order valence-electron chi connectivity index (χ0n) is 18.2. The Morgan fingerprint density at radius 3 is 2.06 bits per heavy atom. The molecule has 0 spiro atoms. The van der Waals surface area contributed by atoms with Gasteiger partial charge in [0.05, 0.1) is 0 Å². The molecule has 4 rings (SSSR count). The van der Waals surface area contributed by atoms with Crippen LogP contribution in [0.25, 0.3) is 0 Å². The van der Waals surface area contributed by atoms with Crippen LogP contribution < -0.4 is 15.4 Å². The smallest absolute Gasteiger partial charge is 0.251 e. The minimum absolute atomic E-state index is 0.116. The van der Waals surface area contributed by atoms with Crippen LogP contribution in [0.2, 0.25) is 0 Å². The molecule has 4 nitrogen and oxygen atoms in total. The highest BCUT2D eigenvalue weighted by Gasteiger charge is 2.21. The Hall–Kier alpha value is -4.05. The molecule has 0 bridgehead atoms. The maximum Gasteiger partial charge on any atom is 0.251 e. The highest BCUT2D eigenvalue weighted by Crippen LogP contribution is 2.26. The highest BCUT2D eigenvalue weighted by atomic mass is 16.5. The van der Waals surface area contributed by atoms with Crippen LogP contribution in [0.1, 0.15) is 22.7 Å². The first-order valence-corrected chi connectivity index (χ1v) is 10.6. The summed E-state index contributed by atoms with van der Waals surface area (Å²) < 4.78 is 5.87. The van der Waals surface area contributed by atoms with Gasteiger partial charge in [-0.1, -0.05) is 60.7 Å². The monoisotopic (exact) mass is 422 g/mol. The molecule has 4 heteroatoms. The molecule has 32 heavy (non-hydrogen) atoms. The number of nitrogens with one attached hydrogen (secondary N) is 2. The second kappa shape index (κ2) is 9.84. The van der Waals surface area contributed by atoms with Crippen molar-refractivity contribution in [3.05, 3.63) is 120 Å². The fourth-order valence-corrected chi connectivity index (χ4v) is 3.43. The van der Waals surface area contributed by atoms with Crippen LogP contribution in [-0.2, 0) is 4.79 Å². The van der Waals surface area contributed by atoms with Crippen molar-refractivity contribution in [3.63, 3.8) is 0 Å². The molecule has 0 fully saturated rings. The maximum atomic E-state index is 13.3. The topological polar surface area (TPSA) is 50.4 Å². The molecule has 0 radical (unpaired) electrons. The minimum Gasteiger partial charge on any atom is -0.457 e. The molecule has 2 N–H and O–H groups in total. The number of amides is 1. The molecule has 0 aliphatic rings. The van der Waals surface area contributed by atoms with Gasteiger partial charge >= 0.3 is 0 Å². The molecule has 0 heterocycles. The van der Waals surface area contributed by atoms with E-state index in [-0.39, 0.29) is 5.91 Å². The van der Waals surface area contributed by atoms with E-state index in [1.54, 1.807) is 0 Å². The number of benzene rings is 4. The second-order valence-electron chi connectivity index (χ2n) is 7.74. The predicted molar refractivity (Wildman–Crippen MR) is 130 cm³/mol. The third kappa shape index (κ3) is 5.35. The molecule has 4 aromatic carbocycles. The SMILES string of the molecule is Cc1ccc(C)c(NC(=O)[C@H](Nc2ccc(Oc3ccccc3)cc2)c2ccccc2)c1. The van der Waals surface area contributed by atoms with Crippen molar-refractivity contribution in [3.8, 4) is 11.5 Å². The summed E-state index contributed by atoms with van der Waals surface area (Å²) in [5, 5.41) is 6.46. The molecule has 0 aliphatic heterocycles. The third-order valence-corrected chi connectivity index (χ3v) is 5.19. The van der Waals surface area contributed by atoms with Crippen LogP contribution in [-0.4, -0.2) is 5.91 Å². The summed E-state index contributed by atoms with van der Waals surface area (Å²) in [5.41, 5.74) is 4.67. The van der Waals surface area contributed by atoms with Gasteiger partial charge < -0.3 is 15.4 Å². The van der Waals surface area contributed by atoms with Crippen molar-refractivity contribution in [2.45, 2.75) is 19.9 Å². The van der Waals surface area contributed by atoms with E-state index in [1.165, 1.54) is 0 Å². The fraction of sp³-hybridized carbons (Fsp3) is 0.107. The van der Waals surface area contributed by atoms with E-state index in [1.807, 2.05) is 117 Å². The number of hydrogen-bond donors (Lipinski definition) is 2. The van der Waals surface area contributed by atoms with Crippen molar-refractivity contribution in [1.29, 1.82) is 0 Å². The minimum atomic E-state index is -0.544. The average Bonchev–Trinajstić information content (AvgIpc) is 2.82. The lowest BCUT2D eigenvalue weighted by atomic mass is 10.0. The summed E-state index contributed by atoms with van der Waals surface area (Å²) in [6, 6.07) is 32.5. The van der Waals surface area contributed by atoms with Crippen molar-refractivity contribution in [1.82, 2.24) is 0 Å². The Balaban J connectivity index is 1.53. The number of rotatable bonds is 7. The largest absolute Gasteiger partial charge is 0.457 e. The van der Waals surface area contributed by atoms with Crippen LogP contribution in [0.4, 0.5) is 11.4 Å². The second-order valence-corrected chi connectivity index (χ2v) is 7.74. The van der Waals surface area contributed by atoms with E-state index in [0.29, 0.717) is 0 Å². The van der Waals surface area contributed by atoms with E-state index in [0.717, 1.165) is 39.6 Å². The van der Waals surface area contributed by atoms with E-state index in [4.69, 9.17) is 4.74 Å². The van der Waals surface area contributed by atoms with Gasteiger partial charge in [-0.05, 0) is 73.0 Å². The lowest BCUT2D eigenvalue weighted by molar-refractivity contribution is -0.117. The van der Waals surface area contributed by atoms with Gasteiger partial charge in [0.1, 0.15) is 17.5 Å². The number of hydrogen-bond acceptors (Lipinski definition) is 3. The molecule has 0 aromatic heterocycles. The van der Waals surface area contributed by atoms with Crippen LogP contribution in [0, 0.1) is 13.8 Å². The Morgan fingerprint density at radius 1 is 0.750 bits per heavy atom. The van der Waals surface area contributed by atoms with Crippen LogP contribution in [0.3, 0.4) is 0 Å². The Bertz CT molecular complexity index is 1170. The molecular formula is C28H26N2O2. The fourth-order valence-electron chi connectivity index (χ4n) is 3.43. The number of ether oxygens (including phenoxy) is 1. The number of anilines is 2. The Labute approximate surface area is 188 Å². The number of carbonyl (C=O) groups excluding carboxylic acids is 1. The Kier molecular flexibility index (Phi) is 6.52. The molecule has 1 amide bonds. The van der Waals surface area contributed by atoms with Gasteiger partial charge in [-0.25, -0.2) is 0 Å². The summed E-state index contributed by atoms with van der Waals surface area (Å²) in [5.74, 6) is 1.40. The molecule has 160 valence electrons. The quantitative estimate of drug-likeness (QED) is 0.341. The van der Waals surface area contributed by atoms with Gasteiger partial charge in [-0.15, -0.1) is 0 Å². The van der Waals surface area contributed by atoms with Gasteiger partial charge in [0.2, 0.25) is 0 Å².